The van der Waals surface area contributed by atoms with Gasteiger partial charge in [0.05, 0.1) is 18.5 Å². The third-order valence-electron chi connectivity index (χ3n) is 6.18. The van der Waals surface area contributed by atoms with Crippen molar-refractivity contribution in [3.63, 3.8) is 0 Å². The smallest absolute Gasteiger partial charge is 0.245 e. The highest BCUT2D eigenvalue weighted by molar-refractivity contribution is 5.89. The molecule has 3 N–H and O–H groups in total. The molecule has 3 aromatic rings. The minimum Gasteiger partial charge on any atom is -0.383 e. The number of hydrogen-bond acceptors (Lipinski definition) is 6. The van der Waals surface area contributed by atoms with Gasteiger partial charge < -0.3 is 16.0 Å². The van der Waals surface area contributed by atoms with E-state index in [-0.39, 0.29) is 24.2 Å². The Morgan fingerprint density at radius 3 is 2.35 bits per heavy atom. The molecular weight excluding hydrogens is 428 g/mol. The number of amides is 2. The molecule has 4 rings (SSSR count). The number of carbonyl (C=O) groups excluding carboxylic acids is 2. The molecule has 34 heavy (non-hydrogen) atoms. The van der Waals surface area contributed by atoms with Crippen LogP contribution in [0.5, 0.6) is 0 Å². The number of piperazine rings is 1. The molecule has 1 fully saturated rings. The Balaban J connectivity index is 1.33. The van der Waals surface area contributed by atoms with Gasteiger partial charge in [0.25, 0.3) is 0 Å². The third-order valence-corrected chi connectivity index (χ3v) is 6.18. The number of nitrogens with two attached hydrogens (primary N) is 1. The number of nitrogen functional groups attached to an aromatic ring is 1. The lowest BCUT2D eigenvalue weighted by atomic mass is 10.0. The average molecular weight is 461 g/mol. The molecule has 2 heterocycles. The second-order valence-corrected chi connectivity index (χ2v) is 9.10. The van der Waals surface area contributed by atoms with Crippen LogP contribution in [0.1, 0.15) is 25.2 Å². The Morgan fingerprint density at radius 1 is 0.971 bits per heavy atom. The van der Waals surface area contributed by atoms with Crippen molar-refractivity contribution in [2.45, 2.75) is 32.9 Å². The molecule has 0 bridgehead atoms. The quantitative estimate of drug-likeness (QED) is 0.560. The summed E-state index contributed by atoms with van der Waals surface area (Å²) >= 11 is 0. The molecule has 8 nitrogen and oxygen atoms in total. The fourth-order valence-electron chi connectivity index (χ4n) is 4.26. The monoisotopic (exact) mass is 460 g/mol. The standard InChI is InChI=1S/C26H32N6O2/c1-18(2)24(30-23(33)16-19-8-4-3-5-9-19)26(34)32-14-12-31(13-15-32)17-22-28-21-11-7-6-10-20(21)25(27)29-22/h3-11,18,24H,12-17H2,1-2H3,(H,30,33)(H2,27,28,29). The lowest BCUT2D eigenvalue weighted by molar-refractivity contribution is -0.139. The van der Waals surface area contributed by atoms with Gasteiger partial charge in [-0.2, -0.15) is 0 Å². The molecule has 178 valence electrons. The van der Waals surface area contributed by atoms with Crippen LogP contribution in [-0.4, -0.2) is 63.8 Å². The van der Waals surface area contributed by atoms with Crippen molar-refractivity contribution >= 4 is 28.5 Å². The highest BCUT2D eigenvalue weighted by Crippen LogP contribution is 2.18. The number of nitrogens with one attached hydrogen (secondary N) is 1. The van der Waals surface area contributed by atoms with E-state index in [0.29, 0.717) is 44.4 Å². The van der Waals surface area contributed by atoms with Crippen molar-refractivity contribution < 1.29 is 9.59 Å². The molecule has 0 saturated carbocycles. The number of aromatic nitrogens is 2. The molecule has 2 amide bonds. The summed E-state index contributed by atoms with van der Waals surface area (Å²) in [6.07, 6.45) is 0.264. The maximum atomic E-state index is 13.2. The summed E-state index contributed by atoms with van der Waals surface area (Å²) in [5.41, 5.74) is 7.89. The second-order valence-electron chi connectivity index (χ2n) is 9.10. The van der Waals surface area contributed by atoms with E-state index in [0.717, 1.165) is 16.5 Å². The largest absolute Gasteiger partial charge is 0.383 e. The van der Waals surface area contributed by atoms with E-state index in [9.17, 15) is 9.59 Å². The molecule has 1 unspecified atom stereocenters. The maximum Gasteiger partial charge on any atom is 0.245 e. The van der Waals surface area contributed by atoms with E-state index in [1.165, 1.54) is 0 Å². The highest BCUT2D eigenvalue weighted by atomic mass is 16.2. The molecule has 0 radical (unpaired) electrons. The summed E-state index contributed by atoms with van der Waals surface area (Å²) in [6, 6.07) is 16.7. The van der Waals surface area contributed by atoms with Crippen LogP contribution in [0.2, 0.25) is 0 Å². The first-order valence-corrected chi connectivity index (χ1v) is 11.8. The number of benzene rings is 2. The van der Waals surface area contributed by atoms with Crippen LogP contribution in [-0.2, 0) is 22.6 Å². The van der Waals surface area contributed by atoms with Gasteiger partial charge in [-0.05, 0) is 23.6 Å². The molecule has 1 aliphatic heterocycles. The van der Waals surface area contributed by atoms with Gasteiger partial charge in [0.2, 0.25) is 11.8 Å². The van der Waals surface area contributed by atoms with Gasteiger partial charge in [0.1, 0.15) is 17.7 Å². The maximum absolute atomic E-state index is 13.2. The zero-order valence-corrected chi connectivity index (χ0v) is 19.8. The first kappa shape index (κ1) is 23.6. The van der Waals surface area contributed by atoms with Crippen LogP contribution >= 0.6 is 0 Å². The van der Waals surface area contributed by atoms with Crippen LogP contribution in [0.25, 0.3) is 10.9 Å². The van der Waals surface area contributed by atoms with Crippen molar-refractivity contribution in [2.24, 2.45) is 5.92 Å². The Bertz CT molecular complexity index is 1140. The molecule has 0 aliphatic carbocycles. The van der Waals surface area contributed by atoms with Gasteiger partial charge in [-0.25, -0.2) is 9.97 Å². The minimum absolute atomic E-state index is 0.000715. The van der Waals surface area contributed by atoms with Crippen molar-refractivity contribution in [2.75, 3.05) is 31.9 Å². The summed E-state index contributed by atoms with van der Waals surface area (Å²) in [6.45, 7) is 7.12. The topological polar surface area (TPSA) is 104 Å². The molecule has 1 atom stereocenters. The van der Waals surface area contributed by atoms with E-state index < -0.39 is 6.04 Å². The first-order valence-electron chi connectivity index (χ1n) is 11.8. The van der Waals surface area contributed by atoms with Gasteiger partial charge in [-0.15, -0.1) is 0 Å². The van der Waals surface area contributed by atoms with E-state index in [2.05, 4.69) is 20.2 Å². The normalized spacial score (nSPS) is 15.4. The van der Waals surface area contributed by atoms with Crippen LogP contribution in [0, 0.1) is 5.92 Å². The predicted molar refractivity (Wildman–Crippen MR) is 133 cm³/mol. The Kier molecular flexibility index (Phi) is 7.37. The zero-order chi connectivity index (χ0) is 24.1. The van der Waals surface area contributed by atoms with Crippen molar-refractivity contribution in [1.29, 1.82) is 0 Å². The summed E-state index contributed by atoms with van der Waals surface area (Å²) in [5.74, 6) is 1.01. The first-order chi connectivity index (χ1) is 16.4. The van der Waals surface area contributed by atoms with E-state index in [1.54, 1.807) is 0 Å². The summed E-state index contributed by atoms with van der Waals surface area (Å²) in [7, 11) is 0. The van der Waals surface area contributed by atoms with Crippen molar-refractivity contribution in [3.05, 3.63) is 66.0 Å². The highest BCUT2D eigenvalue weighted by Gasteiger charge is 2.30. The number of nitrogens with zero attached hydrogens (tertiary/aromatic N) is 4. The number of carbonyl (C=O) groups is 2. The third kappa shape index (κ3) is 5.69. The van der Waals surface area contributed by atoms with E-state index >= 15 is 0 Å². The van der Waals surface area contributed by atoms with Crippen LogP contribution in [0.15, 0.2) is 54.6 Å². The number of anilines is 1. The second kappa shape index (κ2) is 10.6. The molecule has 8 heteroatoms. The molecular formula is C26H32N6O2. The Morgan fingerprint density at radius 2 is 1.65 bits per heavy atom. The fourth-order valence-corrected chi connectivity index (χ4v) is 4.26. The molecule has 2 aromatic carbocycles. The van der Waals surface area contributed by atoms with Gasteiger partial charge in [0.15, 0.2) is 0 Å². The van der Waals surface area contributed by atoms with Gasteiger partial charge in [-0.3, -0.25) is 14.5 Å². The SMILES string of the molecule is CC(C)C(NC(=O)Cc1ccccc1)C(=O)N1CCN(Cc2nc(N)c3ccccc3n2)CC1. The Labute approximate surface area is 200 Å². The van der Waals surface area contributed by atoms with Crippen LogP contribution < -0.4 is 11.1 Å². The van der Waals surface area contributed by atoms with Crippen molar-refractivity contribution in [1.82, 2.24) is 25.1 Å². The molecule has 1 saturated heterocycles. The van der Waals surface area contributed by atoms with Gasteiger partial charge >= 0.3 is 0 Å². The lowest BCUT2D eigenvalue weighted by Crippen LogP contribution is -2.56. The lowest BCUT2D eigenvalue weighted by Gasteiger charge is -2.37. The van der Waals surface area contributed by atoms with E-state index in [1.807, 2.05) is 73.3 Å². The molecule has 1 aromatic heterocycles. The summed E-state index contributed by atoms with van der Waals surface area (Å²) < 4.78 is 0. The summed E-state index contributed by atoms with van der Waals surface area (Å²) in [4.78, 5) is 39.0. The number of rotatable bonds is 7. The van der Waals surface area contributed by atoms with Crippen LogP contribution in [0.4, 0.5) is 5.82 Å². The predicted octanol–water partition coefficient (Wildman–Crippen LogP) is 2.24. The zero-order valence-electron chi connectivity index (χ0n) is 19.8. The fraction of sp³-hybridized carbons (Fsp3) is 0.385. The Hall–Kier alpha value is -3.52. The number of hydrogen-bond donors (Lipinski definition) is 2. The van der Waals surface area contributed by atoms with Crippen molar-refractivity contribution in [3.8, 4) is 0 Å². The molecule has 1 aliphatic rings. The van der Waals surface area contributed by atoms with E-state index in [4.69, 9.17) is 5.73 Å². The number of para-hydroxylation sites is 1. The number of fused-ring (bicyclic) bond motifs is 1. The van der Waals surface area contributed by atoms with Gasteiger partial charge in [-0.1, -0.05) is 56.3 Å². The summed E-state index contributed by atoms with van der Waals surface area (Å²) in [5, 5.41) is 3.82. The minimum atomic E-state index is -0.536. The molecule has 0 spiro atoms. The van der Waals surface area contributed by atoms with Gasteiger partial charge in [0, 0.05) is 31.6 Å². The average Bonchev–Trinajstić information content (AvgIpc) is 2.83. The van der Waals surface area contributed by atoms with Crippen LogP contribution in [0.3, 0.4) is 0 Å².